The molecule has 0 saturated carbocycles. The van der Waals surface area contributed by atoms with Gasteiger partial charge < -0.3 is 5.11 Å². The second kappa shape index (κ2) is 7.65. The van der Waals surface area contributed by atoms with Crippen LogP contribution in [0, 0.1) is 6.92 Å². The first kappa shape index (κ1) is 18.7. The molecule has 26 heavy (non-hydrogen) atoms. The van der Waals surface area contributed by atoms with E-state index in [0.29, 0.717) is 0 Å². The lowest BCUT2D eigenvalue weighted by Gasteiger charge is -2.24. The first-order chi connectivity index (χ1) is 12.4. The van der Waals surface area contributed by atoms with Crippen molar-refractivity contribution in [2.45, 2.75) is 29.5 Å². The van der Waals surface area contributed by atoms with Gasteiger partial charge in [-0.25, -0.2) is 8.42 Å². The number of sulfonamides is 1. The van der Waals surface area contributed by atoms with E-state index >= 15 is 0 Å². The molecule has 1 heterocycles. The third kappa shape index (κ3) is 4.17. The minimum atomic E-state index is -3.91. The molecule has 1 aliphatic heterocycles. The van der Waals surface area contributed by atoms with E-state index in [1.807, 2.05) is 42.7 Å². The number of aliphatic carboxylic acids is 1. The molecule has 0 fully saturated rings. The first-order valence-corrected chi connectivity index (χ1v) is 10.5. The van der Waals surface area contributed by atoms with Crippen LogP contribution in [0.25, 0.3) is 6.08 Å². The Labute approximate surface area is 157 Å². The van der Waals surface area contributed by atoms with Crippen LogP contribution in [0.15, 0.2) is 58.8 Å². The summed E-state index contributed by atoms with van der Waals surface area (Å²) in [5, 5.41) is 11.3. The molecular formula is C19H19NO4S2. The molecule has 0 saturated heterocycles. The van der Waals surface area contributed by atoms with Crippen molar-refractivity contribution in [3.63, 3.8) is 0 Å². The van der Waals surface area contributed by atoms with Gasteiger partial charge in [0, 0.05) is 5.25 Å². The zero-order chi connectivity index (χ0) is 18.7. The van der Waals surface area contributed by atoms with Crippen LogP contribution in [0.5, 0.6) is 0 Å². The molecule has 1 unspecified atom stereocenters. The van der Waals surface area contributed by atoms with Gasteiger partial charge in [0.2, 0.25) is 10.0 Å². The second-order valence-corrected chi connectivity index (χ2v) is 8.94. The molecule has 0 aliphatic carbocycles. The molecule has 2 atom stereocenters. The molecule has 7 heteroatoms. The Morgan fingerprint density at radius 2 is 1.88 bits per heavy atom. The highest BCUT2D eigenvalue weighted by Crippen LogP contribution is 2.40. The standard InChI is InChI=1S/C19H19NO4S2/c1-13-6-8-15(9-7-13)26(23,24)20-17(19(21)22)12-18-16-5-3-2-4-14(16)10-11-25-18/h2-11,17-18,20H,12H2,1H3,(H,21,22)/t17-,18?/m0/s1. The first-order valence-electron chi connectivity index (χ1n) is 8.09. The van der Waals surface area contributed by atoms with Crippen molar-refractivity contribution < 1.29 is 18.3 Å². The van der Waals surface area contributed by atoms with E-state index in [2.05, 4.69) is 4.72 Å². The number of hydrogen-bond donors (Lipinski definition) is 2. The zero-order valence-corrected chi connectivity index (χ0v) is 15.8. The molecule has 5 nitrogen and oxygen atoms in total. The monoisotopic (exact) mass is 389 g/mol. The number of fused-ring (bicyclic) bond motifs is 1. The summed E-state index contributed by atoms with van der Waals surface area (Å²) in [6, 6.07) is 12.8. The Balaban J connectivity index is 1.81. The van der Waals surface area contributed by atoms with Gasteiger partial charge in [-0.2, -0.15) is 4.72 Å². The van der Waals surface area contributed by atoms with E-state index in [-0.39, 0.29) is 16.6 Å². The average Bonchev–Trinajstić information content (AvgIpc) is 2.61. The van der Waals surface area contributed by atoms with Crippen molar-refractivity contribution in [1.29, 1.82) is 0 Å². The third-order valence-corrected chi connectivity index (χ3v) is 6.77. The number of benzene rings is 2. The number of carbonyl (C=O) groups is 1. The van der Waals surface area contributed by atoms with Gasteiger partial charge in [-0.1, -0.05) is 42.0 Å². The number of nitrogens with one attached hydrogen (secondary N) is 1. The van der Waals surface area contributed by atoms with Gasteiger partial charge in [0.25, 0.3) is 0 Å². The average molecular weight is 389 g/mol. The summed E-state index contributed by atoms with van der Waals surface area (Å²) in [5.41, 5.74) is 2.98. The van der Waals surface area contributed by atoms with Crippen LogP contribution in [0.4, 0.5) is 0 Å². The number of rotatable bonds is 6. The summed E-state index contributed by atoms with van der Waals surface area (Å²) in [7, 11) is -3.91. The molecule has 0 spiro atoms. The molecule has 3 rings (SSSR count). The normalized spacial score (nSPS) is 17.5. The van der Waals surface area contributed by atoms with Gasteiger partial charge in [0.15, 0.2) is 0 Å². The predicted octanol–water partition coefficient (Wildman–Crippen LogP) is 3.58. The highest BCUT2D eigenvalue weighted by Gasteiger charge is 2.30. The van der Waals surface area contributed by atoms with Crippen molar-refractivity contribution in [2.24, 2.45) is 0 Å². The Morgan fingerprint density at radius 1 is 1.19 bits per heavy atom. The largest absolute Gasteiger partial charge is 0.480 e. The van der Waals surface area contributed by atoms with Crippen LogP contribution in [0.3, 0.4) is 0 Å². The summed E-state index contributed by atoms with van der Waals surface area (Å²) in [4.78, 5) is 11.8. The predicted molar refractivity (Wildman–Crippen MR) is 103 cm³/mol. The second-order valence-electron chi connectivity index (χ2n) is 6.12. The molecule has 0 bridgehead atoms. The van der Waals surface area contributed by atoms with E-state index in [1.165, 1.54) is 23.9 Å². The van der Waals surface area contributed by atoms with Crippen LogP contribution in [0.2, 0.25) is 0 Å². The van der Waals surface area contributed by atoms with E-state index in [0.717, 1.165) is 16.7 Å². The minimum absolute atomic E-state index is 0.0611. The van der Waals surface area contributed by atoms with E-state index in [4.69, 9.17) is 0 Å². The molecule has 136 valence electrons. The lowest BCUT2D eigenvalue weighted by molar-refractivity contribution is -0.139. The number of carboxylic acid groups (broad SMARTS) is 1. The maximum atomic E-state index is 12.6. The fraction of sp³-hybridized carbons (Fsp3) is 0.211. The number of thioether (sulfide) groups is 1. The Kier molecular flexibility index (Phi) is 5.50. The van der Waals surface area contributed by atoms with Crippen LogP contribution in [-0.4, -0.2) is 25.5 Å². The quantitative estimate of drug-likeness (QED) is 0.789. The summed E-state index contributed by atoms with van der Waals surface area (Å²) in [6.07, 6.45) is 2.13. The fourth-order valence-corrected chi connectivity index (χ4v) is 5.09. The molecule has 0 aromatic heterocycles. The summed E-state index contributed by atoms with van der Waals surface area (Å²) in [5.74, 6) is -1.19. The van der Waals surface area contributed by atoms with E-state index in [9.17, 15) is 18.3 Å². The Morgan fingerprint density at radius 3 is 2.58 bits per heavy atom. The third-order valence-electron chi connectivity index (χ3n) is 4.21. The highest BCUT2D eigenvalue weighted by atomic mass is 32.2. The van der Waals surface area contributed by atoms with Crippen molar-refractivity contribution in [2.75, 3.05) is 0 Å². The summed E-state index contributed by atoms with van der Waals surface area (Å²) < 4.78 is 27.4. The number of hydrogen-bond acceptors (Lipinski definition) is 4. The maximum absolute atomic E-state index is 12.6. The molecular weight excluding hydrogens is 370 g/mol. The van der Waals surface area contributed by atoms with Gasteiger partial charge in [0.05, 0.1) is 4.90 Å². The van der Waals surface area contributed by atoms with Crippen LogP contribution < -0.4 is 4.72 Å². The van der Waals surface area contributed by atoms with Gasteiger partial charge in [0.1, 0.15) is 6.04 Å². The van der Waals surface area contributed by atoms with E-state index in [1.54, 1.807) is 12.1 Å². The van der Waals surface area contributed by atoms with Crippen molar-refractivity contribution in [1.82, 2.24) is 4.72 Å². The lowest BCUT2D eigenvalue weighted by Crippen LogP contribution is -2.41. The lowest BCUT2D eigenvalue weighted by atomic mass is 9.99. The van der Waals surface area contributed by atoms with Crippen LogP contribution >= 0.6 is 11.8 Å². The molecule has 1 aliphatic rings. The van der Waals surface area contributed by atoms with Gasteiger partial charge in [-0.3, -0.25) is 4.79 Å². The Hall–Kier alpha value is -2.09. The van der Waals surface area contributed by atoms with Crippen LogP contribution in [0.1, 0.15) is 28.4 Å². The minimum Gasteiger partial charge on any atom is -0.480 e. The zero-order valence-electron chi connectivity index (χ0n) is 14.1. The maximum Gasteiger partial charge on any atom is 0.321 e. The van der Waals surface area contributed by atoms with Gasteiger partial charge in [-0.05, 0) is 48.1 Å². The van der Waals surface area contributed by atoms with Gasteiger partial charge in [-0.15, -0.1) is 11.8 Å². The number of aryl methyl sites for hydroxylation is 1. The topological polar surface area (TPSA) is 83.5 Å². The van der Waals surface area contributed by atoms with Crippen molar-refractivity contribution >= 4 is 33.8 Å². The number of carboxylic acids is 1. The fourth-order valence-electron chi connectivity index (χ4n) is 2.81. The highest BCUT2D eigenvalue weighted by molar-refractivity contribution is 8.02. The summed E-state index contributed by atoms with van der Waals surface area (Å²) in [6.45, 7) is 1.86. The Bertz CT molecular complexity index is 936. The molecule has 0 amide bonds. The van der Waals surface area contributed by atoms with Crippen molar-refractivity contribution in [3.05, 3.63) is 70.6 Å². The van der Waals surface area contributed by atoms with E-state index < -0.39 is 22.0 Å². The van der Waals surface area contributed by atoms with Crippen molar-refractivity contribution in [3.8, 4) is 0 Å². The van der Waals surface area contributed by atoms with Gasteiger partial charge >= 0.3 is 5.97 Å². The molecule has 2 N–H and O–H groups in total. The van der Waals surface area contributed by atoms with Crippen LogP contribution in [-0.2, 0) is 14.8 Å². The molecule has 0 radical (unpaired) electrons. The SMILES string of the molecule is Cc1ccc(S(=O)(=O)N[C@@H](CC2SC=Cc3ccccc32)C(=O)O)cc1. The smallest absolute Gasteiger partial charge is 0.321 e. The molecule has 2 aromatic carbocycles. The summed E-state index contributed by atoms with van der Waals surface area (Å²) >= 11 is 1.50. The molecule has 2 aromatic rings.